The number of aromatic nitrogens is 2. The number of halogens is 2. The SMILES string of the molecule is CCCCC(=O)C(Cc1ccc(-c2ccccc2)c(C#N)c1)C(=NOC)C(=O)OCC.CCCCc1nn(-c2c(Cl)cccc2Cl)c(C(=O)OCC)c1Cc1ccc(-c2ccccc2C#N)cc1. The van der Waals surface area contributed by atoms with Crippen LogP contribution in [0.5, 0.6) is 0 Å². The van der Waals surface area contributed by atoms with Gasteiger partial charge in [-0.05, 0) is 97.2 Å². The topological polar surface area (TPSA) is 157 Å². The van der Waals surface area contributed by atoms with E-state index in [2.05, 4.69) is 24.2 Å². The van der Waals surface area contributed by atoms with Crippen LogP contribution >= 0.6 is 23.2 Å². The fraction of sp³-hybridized carbons (Fsp3) is 0.291. The third-order valence-corrected chi connectivity index (χ3v) is 11.7. The molecule has 0 saturated carbocycles. The van der Waals surface area contributed by atoms with E-state index in [-0.39, 0.29) is 31.1 Å². The number of Topliss-reactive ketones (excluding diaryl/α,β-unsaturated/α-hetero) is 1. The van der Waals surface area contributed by atoms with Gasteiger partial charge in [0, 0.05) is 18.4 Å². The second-order valence-electron chi connectivity index (χ2n) is 15.7. The van der Waals surface area contributed by atoms with Gasteiger partial charge in [-0.3, -0.25) is 4.79 Å². The Bertz CT molecular complexity index is 2770. The molecule has 11 nitrogen and oxygen atoms in total. The maximum absolute atomic E-state index is 13.3. The zero-order valence-corrected chi connectivity index (χ0v) is 40.6. The van der Waals surface area contributed by atoms with Crippen LogP contribution in [0.4, 0.5) is 0 Å². The summed E-state index contributed by atoms with van der Waals surface area (Å²) in [6.07, 6.45) is 5.24. The van der Waals surface area contributed by atoms with E-state index in [0.29, 0.717) is 51.8 Å². The molecular formula is C55H55Cl2N5O6. The first kappa shape index (κ1) is 51.9. The fourth-order valence-corrected chi connectivity index (χ4v) is 8.24. The smallest absolute Gasteiger partial charge is 0.357 e. The Labute approximate surface area is 408 Å². The summed E-state index contributed by atoms with van der Waals surface area (Å²) in [5, 5.41) is 28.6. The van der Waals surface area contributed by atoms with Crippen molar-refractivity contribution in [2.75, 3.05) is 20.3 Å². The molecule has 0 spiro atoms. The van der Waals surface area contributed by atoms with Crippen LogP contribution in [0.25, 0.3) is 27.9 Å². The molecule has 0 aliphatic carbocycles. The molecule has 0 radical (unpaired) electrons. The second-order valence-corrected chi connectivity index (χ2v) is 16.5. The number of rotatable bonds is 20. The van der Waals surface area contributed by atoms with Gasteiger partial charge in [0.05, 0.1) is 58.1 Å². The maximum atomic E-state index is 13.3. The highest BCUT2D eigenvalue weighted by Crippen LogP contribution is 2.33. The molecule has 0 amide bonds. The lowest BCUT2D eigenvalue weighted by molar-refractivity contribution is -0.136. The largest absolute Gasteiger partial charge is 0.461 e. The Morgan fingerprint density at radius 1 is 0.721 bits per heavy atom. The van der Waals surface area contributed by atoms with Crippen molar-refractivity contribution in [3.05, 3.63) is 165 Å². The van der Waals surface area contributed by atoms with Crippen LogP contribution in [0.1, 0.15) is 104 Å². The van der Waals surface area contributed by atoms with Gasteiger partial charge in [-0.1, -0.05) is 146 Å². The Morgan fingerprint density at radius 2 is 1.34 bits per heavy atom. The molecule has 6 rings (SSSR count). The number of hydrogen-bond donors (Lipinski definition) is 0. The number of para-hydroxylation sites is 1. The van der Waals surface area contributed by atoms with Crippen molar-refractivity contribution in [2.24, 2.45) is 11.1 Å². The Hall–Kier alpha value is -7.05. The van der Waals surface area contributed by atoms with Gasteiger partial charge < -0.3 is 14.3 Å². The first-order valence-corrected chi connectivity index (χ1v) is 23.5. The van der Waals surface area contributed by atoms with Crippen LogP contribution in [0.2, 0.25) is 10.0 Å². The van der Waals surface area contributed by atoms with E-state index in [4.69, 9.17) is 42.6 Å². The van der Waals surface area contributed by atoms with Crippen LogP contribution in [-0.4, -0.2) is 53.5 Å². The van der Waals surface area contributed by atoms with Gasteiger partial charge in [0.1, 0.15) is 18.6 Å². The summed E-state index contributed by atoms with van der Waals surface area (Å²) in [5.41, 5.74) is 8.86. The monoisotopic (exact) mass is 951 g/mol. The number of ether oxygens (including phenoxy) is 2. The Kier molecular flexibility index (Phi) is 20.1. The van der Waals surface area contributed by atoms with Crippen LogP contribution in [-0.2, 0) is 43.2 Å². The van der Waals surface area contributed by atoms with Crippen LogP contribution < -0.4 is 0 Å². The van der Waals surface area contributed by atoms with Crippen molar-refractivity contribution >= 4 is 46.6 Å². The van der Waals surface area contributed by atoms with Crippen LogP contribution in [0.3, 0.4) is 0 Å². The number of benzene rings is 5. The zero-order valence-electron chi connectivity index (χ0n) is 39.1. The molecule has 0 bridgehead atoms. The highest BCUT2D eigenvalue weighted by atomic mass is 35.5. The molecule has 0 aliphatic rings. The van der Waals surface area contributed by atoms with Crippen molar-refractivity contribution in [2.45, 2.75) is 79.1 Å². The molecule has 0 N–H and O–H groups in total. The van der Waals surface area contributed by atoms with Gasteiger partial charge >= 0.3 is 11.9 Å². The highest BCUT2D eigenvalue weighted by molar-refractivity contribution is 6.41. The molecule has 0 fully saturated rings. The number of hydrogen-bond acceptors (Lipinski definition) is 10. The molecule has 6 aromatic rings. The number of esters is 2. The molecule has 1 heterocycles. The number of aryl methyl sites for hydroxylation is 1. The van der Waals surface area contributed by atoms with Gasteiger partial charge in [0.25, 0.3) is 0 Å². The molecule has 350 valence electrons. The molecule has 68 heavy (non-hydrogen) atoms. The van der Waals surface area contributed by atoms with Crippen molar-refractivity contribution in [1.82, 2.24) is 9.78 Å². The maximum Gasteiger partial charge on any atom is 0.357 e. The summed E-state index contributed by atoms with van der Waals surface area (Å²) < 4.78 is 12.1. The summed E-state index contributed by atoms with van der Waals surface area (Å²) in [6, 6.07) is 40.4. The Balaban J connectivity index is 0.000000259. The third-order valence-electron chi connectivity index (χ3n) is 11.0. The van der Waals surface area contributed by atoms with E-state index in [9.17, 15) is 24.9 Å². The number of carbonyl (C=O) groups excluding carboxylic acids is 3. The summed E-state index contributed by atoms with van der Waals surface area (Å²) >= 11 is 13.0. The van der Waals surface area contributed by atoms with E-state index in [1.54, 1.807) is 42.8 Å². The lowest BCUT2D eigenvalue weighted by atomic mass is 9.87. The average molecular weight is 953 g/mol. The van der Waals surface area contributed by atoms with E-state index in [1.807, 2.05) is 97.9 Å². The molecule has 1 unspecified atom stereocenters. The minimum Gasteiger partial charge on any atom is -0.461 e. The summed E-state index contributed by atoms with van der Waals surface area (Å²) in [7, 11) is 1.33. The van der Waals surface area contributed by atoms with E-state index < -0.39 is 17.9 Å². The molecular weight excluding hydrogens is 898 g/mol. The first-order valence-electron chi connectivity index (χ1n) is 22.7. The van der Waals surface area contributed by atoms with E-state index in [0.717, 1.165) is 70.3 Å². The fourth-order valence-electron chi connectivity index (χ4n) is 7.68. The minimum absolute atomic E-state index is 0.0453. The number of unbranched alkanes of at least 4 members (excludes halogenated alkanes) is 2. The molecule has 1 atom stereocenters. The van der Waals surface area contributed by atoms with Gasteiger partial charge in [-0.2, -0.15) is 15.6 Å². The number of oxime groups is 1. The predicted molar refractivity (Wildman–Crippen MR) is 267 cm³/mol. The third kappa shape index (κ3) is 13.3. The van der Waals surface area contributed by atoms with Crippen molar-refractivity contribution in [1.29, 1.82) is 10.5 Å². The molecule has 0 aliphatic heterocycles. The lowest BCUT2D eigenvalue weighted by Gasteiger charge is -2.17. The molecule has 13 heteroatoms. The summed E-state index contributed by atoms with van der Waals surface area (Å²) in [6.45, 7) is 7.98. The van der Waals surface area contributed by atoms with E-state index >= 15 is 0 Å². The van der Waals surface area contributed by atoms with Crippen molar-refractivity contribution < 1.29 is 28.7 Å². The van der Waals surface area contributed by atoms with Crippen LogP contribution in [0.15, 0.2) is 120 Å². The molecule has 1 aromatic heterocycles. The quantitative estimate of drug-likeness (QED) is 0.0413. The van der Waals surface area contributed by atoms with Gasteiger partial charge in [-0.25, -0.2) is 14.3 Å². The molecule has 0 saturated heterocycles. The van der Waals surface area contributed by atoms with Crippen molar-refractivity contribution in [3.63, 3.8) is 0 Å². The van der Waals surface area contributed by atoms with Gasteiger partial charge in [-0.15, -0.1) is 0 Å². The number of nitriles is 2. The van der Waals surface area contributed by atoms with Gasteiger partial charge in [0.15, 0.2) is 11.4 Å². The Morgan fingerprint density at radius 3 is 1.97 bits per heavy atom. The lowest BCUT2D eigenvalue weighted by Crippen LogP contribution is -2.33. The second kappa shape index (κ2) is 26.3. The summed E-state index contributed by atoms with van der Waals surface area (Å²) in [4.78, 5) is 43.6. The zero-order chi connectivity index (χ0) is 49.0. The average Bonchev–Trinajstić information content (AvgIpc) is 3.70. The minimum atomic E-state index is -0.806. The normalized spacial score (nSPS) is 11.3. The number of ketones is 1. The first-order chi connectivity index (χ1) is 33.0. The van der Waals surface area contributed by atoms with Crippen LogP contribution in [0, 0.1) is 28.6 Å². The number of nitrogens with zero attached hydrogens (tertiary/aromatic N) is 5. The predicted octanol–water partition coefficient (Wildman–Crippen LogP) is 12.5. The number of carbonyl (C=O) groups is 3. The van der Waals surface area contributed by atoms with Crippen molar-refractivity contribution in [3.8, 4) is 40.1 Å². The van der Waals surface area contributed by atoms with E-state index in [1.165, 1.54) is 7.11 Å². The standard InChI is InChI=1S/C30H27Cl2N3O2.C25H28N2O4/c1-3-5-13-27-24(18-20-14-16-21(17-15-20)23-10-7-6-9-22(23)19-33)28(30(36)37-4-2)35(34-27)29-25(31)11-8-12-26(29)32;1-4-6-12-23(28)22(24(27-30-3)25(29)31-5-2)16-18-13-14-21(20(15-18)17-26)19-10-8-7-9-11-19/h6-12,14-17H,3-5,13,18H2,1-2H3;7-11,13-15,22H,4-6,12,16H2,1-3H3. The summed E-state index contributed by atoms with van der Waals surface area (Å²) in [5.74, 6) is -2.04. The highest BCUT2D eigenvalue weighted by Gasteiger charge is 2.32. The molecule has 5 aromatic carbocycles. The van der Waals surface area contributed by atoms with Gasteiger partial charge in [0.2, 0.25) is 0 Å².